The Morgan fingerprint density at radius 3 is 1.96 bits per heavy atom. The van der Waals surface area contributed by atoms with Gasteiger partial charge in [0.2, 0.25) is 0 Å². The fourth-order valence-electron chi connectivity index (χ4n) is 3.55. The van der Waals surface area contributed by atoms with Gasteiger partial charge >= 0.3 is 0 Å². The maximum atomic E-state index is 4.11. The zero-order valence-corrected chi connectivity index (χ0v) is 19.9. The summed E-state index contributed by atoms with van der Waals surface area (Å²) in [7, 11) is 0. The minimum Gasteiger partial charge on any atom is -0.309 e. The van der Waals surface area contributed by atoms with Gasteiger partial charge in [-0.25, -0.2) is 0 Å². The number of unbranched alkanes of at least 4 members (excludes halogenated alkanes) is 1. The average Bonchev–Trinajstić information content (AvgIpc) is 3.18. The normalized spacial score (nSPS) is 13.0. The maximum absolute atomic E-state index is 4.11. The van der Waals surface area contributed by atoms with Crippen molar-refractivity contribution in [2.24, 2.45) is 0 Å². The molecule has 156 valence electrons. The number of allylic oxidation sites excluding steroid dienone is 1. The summed E-state index contributed by atoms with van der Waals surface area (Å²) in [5, 5.41) is 3.97. The lowest BCUT2D eigenvalue weighted by molar-refractivity contribution is 0.961. The van der Waals surface area contributed by atoms with Crippen molar-refractivity contribution in [3.05, 3.63) is 45.3 Å². The van der Waals surface area contributed by atoms with Crippen molar-refractivity contribution in [1.82, 2.24) is 4.40 Å². The fourth-order valence-corrected chi connectivity index (χ4v) is 3.55. The third kappa shape index (κ3) is 5.28. The Kier molecular flexibility index (Phi) is 13.0. The van der Waals surface area contributed by atoms with E-state index in [9.17, 15) is 0 Å². The van der Waals surface area contributed by atoms with E-state index in [2.05, 4.69) is 76.0 Å². The molecular formula is C27H43N. The Bertz CT molecular complexity index is 920. The smallest absolute Gasteiger partial charge is 0.0613 e. The second-order valence-corrected chi connectivity index (χ2v) is 6.23. The molecule has 0 N–H and O–H groups in total. The SMILES string of the molecule is C=Cc1c(=C/CC)/c(=C\C)n2c(/C=C\CCC)c(C)/c(=C/CC)c12.CC.CC. The highest BCUT2D eigenvalue weighted by Gasteiger charge is 2.15. The molecule has 0 aliphatic carbocycles. The molecule has 0 aromatic carbocycles. The van der Waals surface area contributed by atoms with Gasteiger partial charge in [0.05, 0.1) is 5.52 Å². The quantitative estimate of drug-likeness (QED) is 0.527. The molecular weight excluding hydrogens is 338 g/mol. The first-order chi connectivity index (χ1) is 13.7. The van der Waals surface area contributed by atoms with Gasteiger partial charge in [-0.3, -0.25) is 0 Å². The zero-order valence-electron chi connectivity index (χ0n) is 19.9. The van der Waals surface area contributed by atoms with Crippen molar-refractivity contribution in [3.8, 4) is 0 Å². The number of aromatic nitrogens is 1. The van der Waals surface area contributed by atoms with E-state index in [1.54, 1.807) is 0 Å². The van der Waals surface area contributed by atoms with E-state index in [4.69, 9.17) is 0 Å². The lowest BCUT2D eigenvalue weighted by Gasteiger charge is -1.97. The highest BCUT2D eigenvalue weighted by atomic mass is 14.9. The molecule has 0 amide bonds. The molecule has 0 spiro atoms. The molecule has 2 heterocycles. The Balaban J connectivity index is 0.00000171. The van der Waals surface area contributed by atoms with Gasteiger partial charge in [-0.05, 0) is 44.7 Å². The van der Waals surface area contributed by atoms with Crippen LogP contribution in [0.25, 0.3) is 35.9 Å². The topological polar surface area (TPSA) is 4.41 Å². The van der Waals surface area contributed by atoms with Crippen LogP contribution >= 0.6 is 0 Å². The van der Waals surface area contributed by atoms with E-state index < -0.39 is 0 Å². The van der Waals surface area contributed by atoms with Crippen molar-refractivity contribution in [1.29, 1.82) is 0 Å². The van der Waals surface area contributed by atoms with Gasteiger partial charge in [-0.1, -0.05) is 91.8 Å². The molecule has 2 rings (SSSR count). The monoisotopic (exact) mass is 381 g/mol. The van der Waals surface area contributed by atoms with E-state index in [1.807, 2.05) is 33.8 Å². The average molecular weight is 382 g/mol. The van der Waals surface area contributed by atoms with E-state index in [1.165, 1.54) is 44.5 Å². The van der Waals surface area contributed by atoms with Crippen LogP contribution in [0.5, 0.6) is 0 Å². The van der Waals surface area contributed by atoms with Gasteiger partial charge in [-0.15, -0.1) is 0 Å². The standard InChI is InChI=1S/C23H31N.2C2H6/c1-7-12-13-16-22-17(6)19(14-8-2)23-18(10-4)20(15-9-3)21(11-5)24(22)23;2*1-2/h10-11,13-16H,4,7-9,12H2,1-3,5-6H3;2*1-2H3/b16-13-,19-14-,20-15-,21-11+;;. The molecule has 0 atom stereocenters. The van der Waals surface area contributed by atoms with Crippen LogP contribution in [0.3, 0.4) is 0 Å². The molecule has 0 fully saturated rings. The van der Waals surface area contributed by atoms with Gasteiger partial charge in [0.25, 0.3) is 0 Å². The number of hydrogen-bond donors (Lipinski definition) is 0. The first-order valence-corrected chi connectivity index (χ1v) is 11.3. The lowest BCUT2D eigenvalue weighted by Crippen LogP contribution is -2.27. The van der Waals surface area contributed by atoms with Crippen LogP contribution < -0.4 is 15.8 Å². The van der Waals surface area contributed by atoms with Gasteiger partial charge in [-0.2, -0.15) is 0 Å². The second-order valence-electron chi connectivity index (χ2n) is 6.23. The van der Waals surface area contributed by atoms with E-state index in [-0.39, 0.29) is 0 Å². The Morgan fingerprint density at radius 2 is 1.50 bits per heavy atom. The molecule has 2 aromatic rings. The van der Waals surface area contributed by atoms with Crippen LogP contribution in [0.15, 0.2) is 12.7 Å². The summed E-state index contributed by atoms with van der Waals surface area (Å²) in [5.41, 5.74) is 5.26. The summed E-state index contributed by atoms with van der Waals surface area (Å²) >= 11 is 0. The third-order valence-electron chi connectivity index (χ3n) is 4.60. The fraction of sp³-hybridized carbons (Fsp3) is 0.481. The predicted molar refractivity (Wildman–Crippen MR) is 133 cm³/mol. The van der Waals surface area contributed by atoms with Crippen LogP contribution in [0.4, 0.5) is 0 Å². The summed E-state index contributed by atoms with van der Waals surface area (Å²) in [4.78, 5) is 0. The molecule has 1 nitrogen and oxygen atoms in total. The zero-order chi connectivity index (χ0) is 21.7. The molecule has 0 saturated carbocycles. The molecule has 0 aliphatic rings. The van der Waals surface area contributed by atoms with E-state index in [0.29, 0.717) is 0 Å². The Morgan fingerprint density at radius 1 is 0.929 bits per heavy atom. The summed E-state index contributed by atoms with van der Waals surface area (Å²) in [6, 6.07) is 0. The molecule has 0 radical (unpaired) electrons. The first-order valence-electron chi connectivity index (χ1n) is 11.3. The van der Waals surface area contributed by atoms with Crippen molar-refractivity contribution in [2.75, 3.05) is 0 Å². The number of nitrogens with zero attached hydrogens (tertiary/aromatic N) is 1. The van der Waals surface area contributed by atoms with Crippen LogP contribution in [0, 0.1) is 6.92 Å². The highest BCUT2D eigenvalue weighted by molar-refractivity contribution is 5.77. The van der Waals surface area contributed by atoms with Crippen molar-refractivity contribution >= 4 is 35.9 Å². The predicted octanol–water partition coefficient (Wildman–Crippen LogP) is 6.66. The summed E-state index contributed by atoms with van der Waals surface area (Å²) in [6.45, 7) is 23.1. The van der Waals surface area contributed by atoms with Crippen LogP contribution in [-0.4, -0.2) is 4.40 Å². The number of rotatable bonds is 6. The maximum Gasteiger partial charge on any atom is 0.0613 e. The van der Waals surface area contributed by atoms with Crippen LogP contribution in [-0.2, 0) is 0 Å². The van der Waals surface area contributed by atoms with Crippen LogP contribution in [0.2, 0.25) is 0 Å². The van der Waals surface area contributed by atoms with Crippen molar-refractivity contribution in [2.45, 2.75) is 88.0 Å². The summed E-state index contributed by atoms with van der Waals surface area (Å²) in [5.74, 6) is 0. The van der Waals surface area contributed by atoms with Crippen molar-refractivity contribution < 1.29 is 0 Å². The lowest BCUT2D eigenvalue weighted by atomic mass is 10.1. The second kappa shape index (κ2) is 14.0. The molecule has 28 heavy (non-hydrogen) atoms. The number of hydrogen-bond acceptors (Lipinski definition) is 0. The molecule has 0 aliphatic heterocycles. The molecule has 0 unspecified atom stereocenters. The van der Waals surface area contributed by atoms with Crippen molar-refractivity contribution in [3.63, 3.8) is 0 Å². The van der Waals surface area contributed by atoms with Gasteiger partial charge in [0, 0.05) is 27.0 Å². The van der Waals surface area contributed by atoms with Gasteiger partial charge in [0.15, 0.2) is 0 Å². The van der Waals surface area contributed by atoms with E-state index in [0.717, 1.165) is 19.3 Å². The Hall–Kier alpha value is -2.02. The molecule has 0 saturated heterocycles. The van der Waals surface area contributed by atoms with E-state index >= 15 is 0 Å². The largest absolute Gasteiger partial charge is 0.309 e. The highest BCUT2D eigenvalue weighted by Crippen LogP contribution is 2.15. The molecule has 2 aromatic heterocycles. The molecule has 0 bridgehead atoms. The Labute approximate surface area is 173 Å². The van der Waals surface area contributed by atoms with Crippen LogP contribution in [0.1, 0.15) is 97.9 Å². The first kappa shape index (κ1) is 26.0. The summed E-state index contributed by atoms with van der Waals surface area (Å²) < 4.78 is 2.43. The minimum absolute atomic E-state index is 1.03. The number of fused-ring (bicyclic) bond motifs is 1. The molecule has 1 heteroatoms. The van der Waals surface area contributed by atoms with Gasteiger partial charge < -0.3 is 4.40 Å². The van der Waals surface area contributed by atoms with Gasteiger partial charge in [0.1, 0.15) is 0 Å². The summed E-state index contributed by atoms with van der Waals surface area (Å²) in [6.07, 6.45) is 17.9. The third-order valence-corrected chi connectivity index (χ3v) is 4.60. The minimum atomic E-state index is 1.03.